The largest absolute Gasteiger partial charge is 0.481 e. The maximum Gasteiger partial charge on any atom is 0.310 e. The molecule has 1 fully saturated rings. The summed E-state index contributed by atoms with van der Waals surface area (Å²) in [6.07, 6.45) is -0.139. The molecule has 1 rings (SSSR count). The molecule has 0 radical (unpaired) electrons. The lowest BCUT2D eigenvalue weighted by Crippen LogP contribution is -2.35. The van der Waals surface area contributed by atoms with Crippen molar-refractivity contribution in [2.75, 3.05) is 17.3 Å². The molecule has 1 aliphatic rings. The predicted octanol–water partition coefficient (Wildman–Crippen LogP) is 0.0892. The zero-order valence-corrected chi connectivity index (χ0v) is 12.1. The highest BCUT2D eigenvalue weighted by molar-refractivity contribution is 7.92. The summed E-state index contributed by atoms with van der Waals surface area (Å²) < 4.78 is 46.1. The first-order valence-corrected chi connectivity index (χ1v) is 9.20. The monoisotopic (exact) mass is 298 g/mol. The van der Waals surface area contributed by atoms with E-state index >= 15 is 0 Å². The van der Waals surface area contributed by atoms with Crippen molar-refractivity contribution < 1.29 is 26.7 Å². The number of carboxylic acids is 1. The van der Waals surface area contributed by atoms with Crippen LogP contribution < -0.4 is 0 Å². The molecular weight excluding hydrogens is 280 g/mol. The van der Waals surface area contributed by atoms with Crippen LogP contribution in [-0.2, 0) is 24.5 Å². The Bertz CT molecular complexity index is 531. The fourth-order valence-electron chi connectivity index (χ4n) is 1.96. The smallest absolute Gasteiger partial charge is 0.310 e. The van der Waals surface area contributed by atoms with Gasteiger partial charge in [0.1, 0.15) is 0 Å². The van der Waals surface area contributed by atoms with Crippen LogP contribution in [0.2, 0.25) is 0 Å². The Morgan fingerprint density at radius 3 is 2.28 bits per heavy atom. The van der Waals surface area contributed by atoms with Gasteiger partial charge in [-0.1, -0.05) is 0 Å². The molecular formula is C10H18O6S2. The molecule has 6 nitrogen and oxygen atoms in total. The van der Waals surface area contributed by atoms with Gasteiger partial charge < -0.3 is 5.11 Å². The van der Waals surface area contributed by atoms with Crippen molar-refractivity contribution >= 4 is 25.6 Å². The molecule has 0 saturated carbocycles. The van der Waals surface area contributed by atoms with E-state index in [1.165, 1.54) is 13.8 Å². The number of carbonyl (C=O) groups is 1. The zero-order valence-electron chi connectivity index (χ0n) is 10.4. The second-order valence-corrected chi connectivity index (χ2v) is 9.95. The minimum Gasteiger partial charge on any atom is -0.481 e. The Morgan fingerprint density at radius 2 is 1.94 bits per heavy atom. The number of aliphatic carboxylic acids is 1. The maximum atomic E-state index is 11.7. The van der Waals surface area contributed by atoms with Crippen LogP contribution in [0.3, 0.4) is 0 Å². The Hall–Kier alpha value is -0.630. The van der Waals surface area contributed by atoms with Gasteiger partial charge in [0.25, 0.3) is 0 Å². The summed E-state index contributed by atoms with van der Waals surface area (Å²) >= 11 is 0. The number of hydrogen-bond acceptors (Lipinski definition) is 5. The first kappa shape index (κ1) is 15.4. The lowest BCUT2D eigenvalue weighted by atomic mass is 9.85. The Labute approximate surface area is 107 Å². The second-order valence-electron chi connectivity index (χ2n) is 5.09. The SMILES string of the molecule is CC(C)S(=O)(=O)CCC1(C(=O)O)CCS(=O)(=O)C1. The quantitative estimate of drug-likeness (QED) is 0.771. The van der Waals surface area contributed by atoms with E-state index in [0.717, 1.165) is 0 Å². The number of carboxylic acid groups (broad SMARTS) is 1. The molecule has 0 aromatic heterocycles. The van der Waals surface area contributed by atoms with Crippen LogP contribution in [-0.4, -0.2) is 50.4 Å². The molecule has 0 aliphatic carbocycles. The van der Waals surface area contributed by atoms with E-state index in [0.29, 0.717) is 0 Å². The van der Waals surface area contributed by atoms with Crippen LogP contribution in [0.25, 0.3) is 0 Å². The van der Waals surface area contributed by atoms with Gasteiger partial charge in [-0.3, -0.25) is 4.79 Å². The third-order valence-electron chi connectivity index (χ3n) is 3.42. The molecule has 0 aromatic carbocycles. The van der Waals surface area contributed by atoms with Gasteiger partial charge in [-0.25, -0.2) is 16.8 Å². The number of rotatable bonds is 5. The van der Waals surface area contributed by atoms with E-state index in [-0.39, 0.29) is 24.3 Å². The molecule has 1 unspecified atom stereocenters. The van der Waals surface area contributed by atoms with E-state index in [1.54, 1.807) is 0 Å². The maximum absolute atomic E-state index is 11.7. The lowest BCUT2D eigenvalue weighted by molar-refractivity contribution is -0.147. The van der Waals surface area contributed by atoms with Gasteiger partial charge in [-0.05, 0) is 26.7 Å². The van der Waals surface area contributed by atoms with Crippen molar-refractivity contribution in [2.45, 2.75) is 31.9 Å². The Balaban J connectivity index is 2.89. The summed E-state index contributed by atoms with van der Waals surface area (Å²) in [6.45, 7) is 3.04. The van der Waals surface area contributed by atoms with E-state index in [4.69, 9.17) is 0 Å². The van der Waals surface area contributed by atoms with Crippen LogP contribution in [0, 0.1) is 5.41 Å². The van der Waals surface area contributed by atoms with Gasteiger partial charge in [0.2, 0.25) is 0 Å². The highest BCUT2D eigenvalue weighted by Crippen LogP contribution is 2.36. The average Bonchev–Trinajstić information content (AvgIpc) is 2.53. The molecule has 0 aromatic rings. The van der Waals surface area contributed by atoms with Crippen molar-refractivity contribution in [1.29, 1.82) is 0 Å². The topological polar surface area (TPSA) is 106 Å². The molecule has 106 valence electrons. The van der Waals surface area contributed by atoms with E-state index < -0.39 is 42.1 Å². The molecule has 0 amide bonds. The van der Waals surface area contributed by atoms with Gasteiger partial charge >= 0.3 is 5.97 Å². The van der Waals surface area contributed by atoms with Crippen molar-refractivity contribution in [3.63, 3.8) is 0 Å². The number of hydrogen-bond donors (Lipinski definition) is 1. The lowest BCUT2D eigenvalue weighted by Gasteiger charge is -2.22. The van der Waals surface area contributed by atoms with Gasteiger partial charge in [-0.2, -0.15) is 0 Å². The average molecular weight is 298 g/mol. The molecule has 0 bridgehead atoms. The summed E-state index contributed by atoms with van der Waals surface area (Å²) in [5, 5.41) is 8.59. The normalized spacial score (nSPS) is 27.5. The molecule has 8 heteroatoms. The van der Waals surface area contributed by atoms with E-state index in [1.807, 2.05) is 0 Å². The van der Waals surface area contributed by atoms with Gasteiger partial charge in [0.15, 0.2) is 19.7 Å². The van der Waals surface area contributed by atoms with Crippen molar-refractivity contribution in [3.8, 4) is 0 Å². The molecule has 1 aliphatic heterocycles. The fraction of sp³-hybridized carbons (Fsp3) is 0.900. The van der Waals surface area contributed by atoms with E-state index in [9.17, 15) is 26.7 Å². The fourth-order valence-corrected chi connectivity index (χ4v) is 5.21. The highest BCUT2D eigenvalue weighted by Gasteiger charge is 2.48. The summed E-state index contributed by atoms with van der Waals surface area (Å²) in [5.41, 5.74) is -1.43. The minimum absolute atomic E-state index is 0.00170. The minimum atomic E-state index is -3.36. The third-order valence-corrected chi connectivity index (χ3v) is 7.45. The predicted molar refractivity (Wildman–Crippen MR) is 66.9 cm³/mol. The Morgan fingerprint density at radius 1 is 1.39 bits per heavy atom. The van der Waals surface area contributed by atoms with Gasteiger partial charge in [-0.15, -0.1) is 0 Å². The molecule has 1 heterocycles. The summed E-state index contributed by atoms with van der Waals surface area (Å²) in [5.74, 6) is -2.14. The number of sulfone groups is 2. The molecule has 18 heavy (non-hydrogen) atoms. The molecule has 1 saturated heterocycles. The summed E-state index contributed by atoms with van der Waals surface area (Å²) in [6, 6.07) is 0. The van der Waals surface area contributed by atoms with Crippen LogP contribution in [0.4, 0.5) is 0 Å². The zero-order chi connectivity index (χ0) is 14.2. The van der Waals surface area contributed by atoms with Crippen molar-refractivity contribution in [3.05, 3.63) is 0 Å². The molecule has 0 spiro atoms. The van der Waals surface area contributed by atoms with Crippen molar-refractivity contribution in [2.24, 2.45) is 5.41 Å². The van der Waals surface area contributed by atoms with Crippen LogP contribution >= 0.6 is 0 Å². The van der Waals surface area contributed by atoms with Crippen molar-refractivity contribution in [1.82, 2.24) is 0 Å². The van der Waals surface area contributed by atoms with Gasteiger partial charge in [0.05, 0.1) is 27.9 Å². The van der Waals surface area contributed by atoms with Crippen LogP contribution in [0.15, 0.2) is 0 Å². The molecule has 1 atom stereocenters. The first-order valence-electron chi connectivity index (χ1n) is 5.66. The Kier molecular flexibility index (Phi) is 4.12. The molecule has 1 N–H and O–H groups in total. The second kappa shape index (κ2) is 4.80. The van der Waals surface area contributed by atoms with Crippen LogP contribution in [0.1, 0.15) is 26.7 Å². The van der Waals surface area contributed by atoms with Gasteiger partial charge in [0, 0.05) is 0 Å². The third kappa shape index (κ3) is 3.23. The van der Waals surface area contributed by atoms with Crippen LogP contribution in [0.5, 0.6) is 0 Å². The summed E-state index contributed by atoms with van der Waals surface area (Å²) in [4.78, 5) is 11.2. The standard InChI is InChI=1S/C10H18O6S2/c1-8(2)18(15,16)6-4-10(9(11)12)3-5-17(13,14)7-10/h8H,3-7H2,1-2H3,(H,11,12). The summed E-state index contributed by atoms with van der Waals surface area (Å²) in [7, 11) is -6.72. The first-order chi connectivity index (χ1) is 8.01. The highest BCUT2D eigenvalue weighted by atomic mass is 32.2. The van der Waals surface area contributed by atoms with E-state index in [2.05, 4.69) is 0 Å².